The Kier molecular flexibility index (Phi) is 35.7. The minimum Gasteiger partial charge on any atom is -0.480 e. The summed E-state index contributed by atoms with van der Waals surface area (Å²) in [7, 11) is 0. The van der Waals surface area contributed by atoms with Gasteiger partial charge in [0, 0.05) is 12.8 Å². The fraction of sp³-hybridized carbons (Fsp3) is 0.767. The van der Waals surface area contributed by atoms with Crippen LogP contribution in [0.4, 0.5) is 0 Å². The Morgan fingerprint density at radius 3 is 1.71 bits per heavy atom. The number of unbranched alkanes of at least 4 members (excludes halogenated alkanes) is 17. The molecule has 0 fully saturated rings. The number of carbonyl (C=O) groups excluding carboxylic acids is 3. The molecule has 0 aromatic rings. The lowest BCUT2D eigenvalue weighted by atomic mass is 10.0. The number of carboxylic acid groups (broad SMARTS) is 1. The van der Waals surface area contributed by atoms with Gasteiger partial charge < -0.3 is 25.6 Å². The van der Waals surface area contributed by atoms with Gasteiger partial charge in [0.1, 0.15) is 12.1 Å². The Balaban J connectivity index is 4.36. The first-order valence-electron chi connectivity index (χ1n) is 20.9. The maximum Gasteiger partial charge on any atom is 0.328 e. The van der Waals surface area contributed by atoms with Crippen molar-refractivity contribution in [2.45, 2.75) is 199 Å². The second kappa shape index (κ2) is 37.8. The van der Waals surface area contributed by atoms with Crippen LogP contribution in [0, 0.1) is 0 Å². The zero-order valence-electron chi connectivity index (χ0n) is 33.1. The quantitative estimate of drug-likeness (QED) is 0.0283. The molecule has 0 radical (unpaired) electrons. The van der Waals surface area contributed by atoms with E-state index < -0.39 is 24.5 Å². The van der Waals surface area contributed by atoms with E-state index in [0.29, 0.717) is 12.8 Å². The summed E-state index contributed by atoms with van der Waals surface area (Å²) in [6.45, 7) is 3.40. The van der Waals surface area contributed by atoms with Crippen molar-refractivity contribution in [2.75, 3.05) is 13.2 Å². The van der Waals surface area contributed by atoms with Gasteiger partial charge in [-0.05, 0) is 83.5 Å². The number of ether oxygens (including phenoxy) is 1. The third-order valence-corrected chi connectivity index (χ3v) is 9.09. The third kappa shape index (κ3) is 34.2. The third-order valence-electron chi connectivity index (χ3n) is 9.09. The standard InChI is InChI=1S/C43H76N2O7/c1-3-5-7-9-11-13-15-16-18-20-22-27-31-35-42(49)52-38(32-28-24-21-19-17-14-12-10-8-6-4-2)33-29-25-23-26-30-34-40(47)44-36-41(48)45-39(37-46)43(50)51/h7,9,13,15,19,21,38-39,46H,3-6,8,10-12,14,16-18,20,22-37H2,1-2H3,(H,44,47)(H,45,48)(H,50,51)/b9-7-,15-13-,21-19-. The van der Waals surface area contributed by atoms with Gasteiger partial charge in [-0.1, -0.05) is 127 Å². The van der Waals surface area contributed by atoms with Gasteiger partial charge in [0.25, 0.3) is 0 Å². The molecule has 9 heteroatoms. The lowest BCUT2D eigenvalue weighted by Gasteiger charge is -2.18. The molecule has 52 heavy (non-hydrogen) atoms. The van der Waals surface area contributed by atoms with Gasteiger partial charge in [-0.3, -0.25) is 14.4 Å². The van der Waals surface area contributed by atoms with Crippen LogP contribution in [0.25, 0.3) is 0 Å². The van der Waals surface area contributed by atoms with E-state index in [-0.39, 0.29) is 30.9 Å². The van der Waals surface area contributed by atoms with Crippen LogP contribution < -0.4 is 10.6 Å². The Morgan fingerprint density at radius 1 is 0.577 bits per heavy atom. The Hall–Kier alpha value is -2.94. The second-order valence-electron chi connectivity index (χ2n) is 14.1. The lowest BCUT2D eigenvalue weighted by Crippen LogP contribution is -2.47. The van der Waals surface area contributed by atoms with Crippen LogP contribution in [0.15, 0.2) is 36.5 Å². The summed E-state index contributed by atoms with van der Waals surface area (Å²) >= 11 is 0. The molecule has 0 bridgehead atoms. The number of nitrogens with one attached hydrogen (secondary N) is 2. The number of aliphatic hydroxyl groups is 1. The van der Waals surface area contributed by atoms with Crippen molar-refractivity contribution in [1.82, 2.24) is 10.6 Å². The first-order valence-corrected chi connectivity index (χ1v) is 20.9. The number of amides is 2. The van der Waals surface area contributed by atoms with Gasteiger partial charge in [0.2, 0.25) is 11.8 Å². The van der Waals surface area contributed by atoms with Crippen LogP contribution in [0.3, 0.4) is 0 Å². The number of aliphatic carboxylic acids is 1. The fourth-order valence-electron chi connectivity index (χ4n) is 5.87. The number of carboxylic acids is 1. The van der Waals surface area contributed by atoms with Gasteiger partial charge in [-0.2, -0.15) is 0 Å². The minimum absolute atomic E-state index is 0.0495. The lowest BCUT2D eigenvalue weighted by molar-refractivity contribution is -0.150. The number of esters is 1. The first kappa shape index (κ1) is 49.1. The van der Waals surface area contributed by atoms with Crippen LogP contribution in [0.2, 0.25) is 0 Å². The normalized spacial score (nSPS) is 12.8. The van der Waals surface area contributed by atoms with Gasteiger partial charge in [0.15, 0.2) is 0 Å². The topological polar surface area (TPSA) is 142 Å². The summed E-state index contributed by atoms with van der Waals surface area (Å²) < 4.78 is 5.99. The molecule has 0 heterocycles. The molecular weight excluding hydrogens is 656 g/mol. The summed E-state index contributed by atoms with van der Waals surface area (Å²) in [4.78, 5) is 47.5. The highest BCUT2D eigenvalue weighted by atomic mass is 16.5. The first-order chi connectivity index (χ1) is 25.3. The number of carbonyl (C=O) groups is 4. The zero-order chi connectivity index (χ0) is 38.3. The largest absolute Gasteiger partial charge is 0.480 e. The number of allylic oxidation sites excluding steroid dienone is 6. The van der Waals surface area contributed by atoms with E-state index in [1.165, 1.54) is 57.8 Å². The second-order valence-corrected chi connectivity index (χ2v) is 14.1. The molecule has 9 nitrogen and oxygen atoms in total. The summed E-state index contributed by atoms with van der Waals surface area (Å²) in [5, 5.41) is 22.5. The highest BCUT2D eigenvalue weighted by Crippen LogP contribution is 2.18. The summed E-state index contributed by atoms with van der Waals surface area (Å²) in [5.41, 5.74) is 0. The van der Waals surface area contributed by atoms with E-state index in [0.717, 1.165) is 96.3 Å². The van der Waals surface area contributed by atoms with E-state index in [1.54, 1.807) is 0 Å². The number of hydrogen-bond donors (Lipinski definition) is 4. The van der Waals surface area contributed by atoms with Crippen molar-refractivity contribution in [3.63, 3.8) is 0 Å². The average molecular weight is 733 g/mol. The zero-order valence-corrected chi connectivity index (χ0v) is 33.1. The van der Waals surface area contributed by atoms with Crippen molar-refractivity contribution < 1.29 is 34.1 Å². The van der Waals surface area contributed by atoms with Crippen molar-refractivity contribution in [1.29, 1.82) is 0 Å². The molecule has 0 aromatic carbocycles. The minimum atomic E-state index is -1.38. The molecule has 0 saturated heterocycles. The maximum atomic E-state index is 12.7. The van der Waals surface area contributed by atoms with Crippen molar-refractivity contribution in [3.05, 3.63) is 36.5 Å². The Bertz CT molecular complexity index is 979. The summed E-state index contributed by atoms with van der Waals surface area (Å²) in [5.74, 6) is -2.33. The van der Waals surface area contributed by atoms with Crippen molar-refractivity contribution in [2.24, 2.45) is 0 Å². The molecule has 0 aromatic heterocycles. The van der Waals surface area contributed by atoms with Gasteiger partial charge in [0.05, 0.1) is 13.2 Å². The molecule has 0 aliphatic carbocycles. The molecule has 2 amide bonds. The van der Waals surface area contributed by atoms with E-state index in [9.17, 15) is 19.2 Å². The Morgan fingerprint density at radius 2 is 1.10 bits per heavy atom. The van der Waals surface area contributed by atoms with Crippen LogP contribution in [0.1, 0.15) is 187 Å². The smallest absolute Gasteiger partial charge is 0.328 e. The summed E-state index contributed by atoms with van der Waals surface area (Å²) in [6, 6.07) is -1.38. The van der Waals surface area contributed by atoms with Gasteiger partial charge in [-0.25, -0.2) is 4.79 Å². The predicted molar refractivity (Wildman–Crippen MR) is 213 cm³/mol. The monoisotopic (exact) mass is 733 g/mol. The number of hydrogen-bond acceptors (Lipinski definition) is 6. The van der Waals surface area contributed by atoms with E-state index >= 15 is 0 Å². The van der Waals surface area contributed by atoms with E-state index in [4.69, 9.17) is 14.9 Å². The van der Waals surface area contributed by atoms with Crippen LogP contribution in [0.5, 0.6) is 0 Å². The van der Waals surface area contributed by atoms with Crippen molar-refractivity contribution in [3.8, 4) is 0 Å². The maximum absolute atomic E-state index is 12.7. The molecule has 0 spiro atoms. The molecule has 0 rings (SSSR count). The predicted octanol–water partition coefficient (Wildman–Crippen LogP) is 9.82. The van der Waals surface area contributed by atoms with Crippen LogP contribution >= 0.6 is 0 Å². The van der Waals surface area contributed by atoms with Gasteiger partial charge in [-0.15, -0.1) is 0 Å². The Labute approximate surface area is 316 Å². The van der Waals surface area contributed by atoms with Crippen molar-refractivity contribution >= 4 is 23.8 Å². The fourth-order valence-corrected chi connectivity index (χ4v) is 5.87. The highest BCUT2D eigenvalue weighted by Gasteiger charge is 2.19. The molecule has 0 saturated carbocycles. The number of rotatable bonds is 37. The SMILES string of the molecule is CCC/C=C\C/C=C\CCCCCCCC(=O)OC(CCC/C=C\CCCCCCCC)CCCCCCCC(=O)NCC(=O)NC(CO)C(=O)O. The van der Waals surface area contributed by atoms with Crippen LogP contribution in [-0.2, 0) is 23.9 Å². The molecule has 300 valence electrons. The van der Waals surface area contributed by atoms with Crippen LogP contribution in [-0.4, -0.2) is 59.3 Å². The number of aliphatic hydroxyl groups excluding tert-OH is 1. The molecule has 4 N–H and O–H groups in total. The molecule has 0 aliphatic rings. The summed E-state index contributed by atoms with van der Waals surface area (Å²) in [6.07, 6.45) is 41.7. The van der Waals surface area contributed by atoms with Gasteiger partial charge >= 0.3 is 11.9 Å². The average Bonchev–Trinajstić information content (AvgIpc) is 3.13. The molecule has 2 unspecified atom stereocenters. The molecular formula is C43H76N2O7. The van der Waals surface area contributed by atoms with E-state index in [2.05, 4.69) is 60.9 Å². The molecule has 0 aliphatic heterocycles. The molecule has 2 atom stereocenters. The highest BCUT2D eigenvalue weighted by molar-refractivity contribution is 5.87. The van der Waals surface area contributed by atoms with E-state index in [1.807, 2.05) is 0 Å².